The molecule has 4 heteroatoms. The highest BCUT2D eigenvalue weighted by Crippen LogP contribution is 2.24. The first-order valence-electron chi connectivity index (χ1n) is 7.92. The summed E-state index contributed by atoms with van der Waals surface area (Å²) >= 11 is 0. The SMILES string of the molecule is C=CCN1CCO[C@@H]2CN(Cc3ccccn3)CC[C@@H]2C1. The Morgan fingerprint density at radius 3 is 3.05 bits per heavy atom. The maximum absolute atomic E-state index is 6.11. The van der Waals surface area contributed by atoms with Crippen LogP contribution in [0.25, 0.3) is 0 Å². The van der Waals surface area contributed by atoms with Gasteiger partial charge in [-0.05, 0) is 25.1 Å². The highest BCUT2D eigenvalue weighted by atomic mass is 16.5. The number of pyridine rings is 1. The second-order valence-electron chi connectivity index (χ2n) is 6.06. The standard InChI is InChI=1S/C17H25N3O/c1-2-8-19-10-11-21-17-14-20(9-6-15(17)12-19)13-16-5-3-4-7-18-16/h2-5,7,15,17H,1,6,8-14H2/t15-,17-/m1/s1. The molecule has 0 radical (unpaired) electrons. The topological polar surface area (TPSA) is 28.6 Å². The van der Waals surface area contributed by atoms with E-state index in [9.17, 15) is 0 Å². The van der Waals surface area contributed by atoms with E-state index in [1.807, 2.05) is 18.3 Å². The van der Waals surface area contributed by atoms with Gasteiger partial charge >= 0.3 is 0 Å². The molecule has 3 heterocycles. The lowest BCUT2D eigenvalue weighted by Crippen LogP contribution is -2.46. The molecule has 4 nitrogen and oxygen atoms in total. The van der Waals surface area contributed by atoms with Gasteiger partial charge in [-0.25, -0.2) is 0 Å². The summed E-state index contributed by atoms with van der Waals surface area (Å²) in [4.78, 5) is 9.37. The molecular weight excluding hydrogens is 262 g/mol. The molecule has 0 aromatic carbocycles. The van der Waals surface area contributed by atoms with Crippen molar-refractivity contribution < 1.29 is 4.74 Å². The fourth-order valence-corrected chi connectivity index (χ4v) is 3.40. The lowest BCUT2D eigenvalue weighted by atomic mass is 9.93. The first kappa shape index (κ1) is 14.7. The predicted octanol–water partition coefficient (Wildman–Crippen LogP) is 1.79. The van der Waals surface area contributed by atoms with Crippen LogP contribution in [0.5, 0.6) is 0 Å². The molecule has 0 N–H and O–H groups in total. The third-order valence-electron chi connectivity index (χ3n) is 4.51. The minimum absolute atomic E-state index is 0.372. The van der Waals surface area contributed by atoms with Crippen LogP contribution in [-0.2, 0) is 11.3 Å². The van der Waals surface area contributed by atoms with Gasteiger partial charge in [0.05, 0.1) is 18.4 Å². The molecule has 0 bridgehead atoms. The Morgan fingerprint density at radius 2 is 2.24 bits per heavy atom. The summed E-state index contributed by atoms with van der Waals surface area (Å²) in [5.74, 6) is 0.660. The number of ether oxygens (including phenoxy) is 1. The molecule has 1 aromatic heterocycles. The Hall–Kier alpha value is -1.23. The van der Waals surface area contributed by atoms with Crippen molar-refractivity contribution in [3.8, 4) is 0 Å². The van der Waals surface area contributed by atoms with E-state index in [1.165, 1.54) is 6.42 Å². The number of hydrogen-bond acceptors (Lipinski definition) is 4. The van der Waals surface area contributed by atoms with Crippen molar-refractivity contribution >= 4 is 0 Å². The van der Waals surface area contributed by atoms with E-state index in [2.05, 4.69) is 33.5 Å². The first-order valence-corrected chi connectivity index (χ1v) is 7.92. The van der Waals surface area contributed by atoms with E-state index >= 15 is 0 Å². The van der Waals surface area contributed by atoms with E-state index in [0.717, 1.165) is 51.6 Å². The average molecular weight is 287 g/mol. The van der Waals surface area contributed by atoms with E-state index < -0.39 is 0 Å². The molecule has 2 fully saturated rings. The second-order valence-corrected chi connectivity index (χ2v) is 6.06. The van der Waals surface area contributed by atoms with Crippen molar-refractivity contribution in [3.63, 3.8) is 0 Å². The molecule has 0 amide bonds. The summed E-state index contributed by atoms with van der Waals surface area (Å²) in [6.45, 7) is 10.9. The fourth-order valence-electron chi connectivity index (χ4n) is 3.40. The number of hydrogen-bond donors (Lipinski definition) is 0. The van der Waals surface area contributed by atoms with E-state index in [-0.39, 0.29) is 0 Å². The van der Waals surface area contributed by atoms with Gasteiger partial charge in [-0.1, -0.05) is 12.1 Å². The monoisotopic (exact) mass is 287 g/mol. The number of likely N-dealkylation sites (tertiary alicyclic amines) is 1. The van der Waals surface area contributed by atoms with E-state index in [4.69, 9.17) is 4.74 Å². The van der Waals surface area contributed by atoms with Crippen molar-refractivity contribution in [3.05, 3.63) is 42.7 Å². The van der Waals surface area contributed by atoms with E-state index in [0.29, 0.717) is 12.0 Å². The molecule has 0 saturated carbocycles. The quantitative estimate of drug-likeness (QED) is 0.790. The van der Waals surface area contributed by atoms with Gasteiger partial charge in [0.25, 0.3) is 0 Å². The normalized spacial score (nSPS) is 27.8. The highest BCUT2D eigenvalue weighted by molar-refractivity contribution is 5.03. The molecule has 114 valence electrons. The van der Waals surface area contributed by atoms with Crippen molar-refractivity contribution in [2.45, 2.75) is 19.1 Å². The van der Waals surface area contributed by atoms with E-state index in [1.54, 1.807) is 0 Å². The van der Waals surface area contributed by atoms with Gasteiger partial charge in [0.1, 0.15) is 0 Å². The number of piperidine rings is 1. The Morgan fingerprint density at radius 1 is 1.29 bits per heavy atom. The predicted molar refractivity (Wildman–Crippen MR) is 84.0 cm³/mol. The zero-order chi connectivity index (χ0) is 14.5. The first-order chi connectivity index (χ1) is 10.3. The molecule has 2 aliphatic rings. The van der Waals surface area contributed by atoms with Gasteiger partial charge in [-0.15, -0.1) is 6.58 Å². The maximum atomic E-state index is 6.11. The minimum atomic E-state index is 0.372. The van der Waals surface area contributed by atoms with Gasteiger partial charge in [-0.2, -0.15) is 0 Å². The molecule has 2 saturated heterocycles. The lowest BCUT2D eigenvalue weighted by Gasteiger charge is -2.37. The zero-order valence-electron chi connectivity index (χ0n) is 12.7. The van der Waals surface area contributed by atoms with Crippen LogP contribution < -0.4 is 0 Å². The summed E-state index contributed by atoms with van der Waals surface area (Å²) in [5.41, 5.74) is 1.15. The fraction of sp³-hybridized carbons (Fsp3) is 0.588. The van der Waals surface area contributed by atoms with Crippen LogP contribution in [0.2, 0.25) is 0 Å². The summed E-state index contributed by atoms with van der Waals surface area (Å²) < 4.78 is 6.11. The largest absolute Gasteiger partial charge is 0.375 e. The molecule has 2 atom stereocenters. The van der Waals surface area contributed by atoms with Crippen LogP contribution in [0, 0.1) is 5.92 Å². The number of nitrogens with zero attached hydrogens (tertiary/aromatic N) is 3. The average Bonchev–Trinajstić information content (AvgIpc) is 2.70. The Labute approximate surface area is 127 Å². The van der Waals surface area contributed by atoms with Crippen LogP contribution in [-0.4, -0.2) is 60.2 Å². The summed E-state index contributed by atoms with van der Waals surface area (Å²) in [6, 6.07) is 6.13. The molecule has 1 aromatic rings. The van der Waals surface area contributed by atoms with Gasteiger partial charge in [0, 0.05) is 44.8 Å². The van der Waals surface area contributed by atoms with Crippen LogP contribution >= 0.6 is 0 Å². The smallest absolute Gasteiger partial charge is 0.0743 e. The zero-order valence-corrected chi connectivity index (χ0v) is 12.7. The lowest BCUT2D eigenvalue weighted by molar-refractivity contribution is -0.0244. The number of rotatable bonds is 4. The van der Waals surface area contributed by atoms with Gasteiger partial charge < -0.3 is 4.74 Å². The third-order valence-corrected chi connectivity index (χ3v) is 4.51. The molecule has 21 heavy (non-hydrogen) atoms. The summed E-state index contributed by atoms with van der Waals surface area (Å²) in [6.07, 6.45) is 5.45. The molecule has 2 aliphatic heterocycles. The molecule has 0 unspecified atom stereocenters. The van der Waals surface area contributed by atoms with Gasteiger partial charge in [0.2, 0.25) is 0 Å². The number of fused-ring (bicyclic) bond motifs is 1. The third kappa shape index (κ3) is 3.90. The van der Waals surface area contributed by atoms with Crippen LogP contribution in [0.3, 0.4) is 0 Å². The van der Waals surface area contributed by atoms with Crippen LogP contribution in [0.15, 0.2) is 37.1 Å². The second kappa shape index (κ2) is 7.16. The Bertz CT molecular complexity index is 451. The Kier molecular flexibility index (Phi) is 5.01. The van der Waals surface area contributed by atoms with Gasteiger partial charge in [0.15, 0.2) is 0 Å². The maximum Gasteiger partial charge on any atom is 0.0743 e. The van der Waals surface area contributed by atoms with Crippen molar-refractivity contribution in [1.82, 2.24) is 14.8 Å². The summed E-state index contributed by atoms with van der Waals surface area (Å²) in [5, 5.41) is 0. The molecular formula is C17H25N3O. The van der Waals surface area contributed by atoms with Gasteiger partial charge in [-0.3, -0.25) is 14.8 Å². The van der Waals surface area contributed by atoms with Crippen LogP contribution in [0.4, 0.5) is 0 Å². The van der Waals surface area contributed by atoms with Crippen molar-refractivity contribution in [2.75, 3.05) is 39.3 Å². The highest BCUT2D eigenvalue weighted by Gasteiger charge is 2.33. The summed E-state index contributed by atoms with van der Waals surface area (Å²) in [7, 11) is 0. The molecule has 0 spiro atoms. The van der Waals surface area contributed by atoms with Crippen molar-refractivity contribution in [1.29, 1.82) is 0 Å². The minimum Gasteiger partial charge on any atom is -0.375 e. The van der Waals surface area contributed by atoms with Crippen LogP contribution in [0.1, 0.15) is 12.1 Å². The molecule has 0 aliphatic carbocycles. The Balaban J connectivity index is 1.57. The molecule has 3 rings (SSSR count). The van der Waals surface area contributed by atoms with Crippen molar-refractivity contribution in [2.24, 2.45) is 5.92 Å². The number of aromatic nitrogens is 1.